The van der Waals surface area contributed by atoms with Gasteiger partial charge in [0.05, 0.1) is 33.1 Å². The van der Waals surface area contributed by atoms with Crippen LogP contribution in [-0.2, 0) is 0 Å². The van der Waals surface area contributed by atoms with Crippen LogP contribution in [0.4, 0.5) is 0 Å². The van der Waals surface area contributed by atoms with Crippen LogP contribution >= 0.6 is 0 Å². The van der Waals surface area contributed by atoms with Crippen molar-refractivity contribution in [3.63, 3.8) is 0 Å². The summed E-state index contributed by atoms with van der Waals surface area (Å²) in [5, 5.41) is 12.2. The Morgan fingerprint density at radius 2 is 0.586 bits per heavy atom. The zero-order valence-electron chi connectivity index (χ0n) is 37.9. The Morgan fingerprint density at radius 3 is 1.00 bits per heavy atom. The molecule has 14 rings (SSSR count). The van der Waals surface area contributed by atoms with Crippen LogP contribution in [0.3, 0.4) is 0 Å². The van der Waals surface area contributed by atoms with Gasteiger partial charge in [0, 0.05) is 43.6 Å². The van der Waals surface area contributed by atoms with Gasteiger partial charge >= 0.3 is 0 Å². The normalized spacial score (nSPS) is 12.0. The molecule has 70 heavy (non-hydrogen) atoms. The lowest BCUT2D eigenvalue weighted by Gasteiger charge is -2.34. The summed E-state index contributed by atoms with van der Waals surface area (Å²) >= 11 is 0. The van der Waals surface area contributed by atoms with E-state index in [4.69, 9.17) is 15.0 Å². The first-order chi connectivity index (χ1) is 34.7. The molecule has 6 nitrogen and oxygen atoms in total. The van der Waals surface area contributed by atoms with Gasteiger partial charge in [0.2, 0.25) is 11.9 Å². The fourth-order valence-electron chi connectivity index (χ4n) is 11.3. The van der Waals surface area contributed by atoms with Crippen molar-refractivity contribution < 1.29 is 0 Å². The van der Waals surface area contributed by atoms with Crippen LogP contribution in [0.2, 0.25) is 0 Å². The zero-order valence-corrected chi connectivity index (χ0v) is 38.9. The quantitative estimate of drug-likeness (QED) is 0.113. The summed E-state index contributed by atoms with van der Waals surface area (Å²) in [7, 11) is -2.77. The van der Waals surface area contributed by atoms with Crippen molar-refractivity contribution in [3.8, 4) is 29.0 Å². The molecular formula is C63H42N6Si. The summed E-state index contributed by atoms with van der Waals surface area (Å²) in [4.78, 5) is 16.4. The highest BCUT2D eigenvalue weighted by Gasteiger charge is 2.41. The van der Waals surface area contributed by atoms with Crippen molar-refractivity contribution in [2.75, 3.05) is 0 Å². The molecule has 0 saturated carbocycles. The van der Waals surface area contributed by atoms with Crippen LogP contribution < -0.4 is 20.7 Å². The van der Waals surface area contributed by atoms with Crippen molar-refractivity contribution >= 4 is 94.2 Å². The van der Waals surface area contributed by atoms with E-state index in [1.165, 1.54) is 42.6 Å². The van der Waals surface area contributed by atoms with E-state index >= 15 is 0 Å². The number of aromatic nitrogens is 6. The minimum Gasteiger partial charge on any atom is -0.309 e. The Kier molecular flexibility index (Phi) is 9.12. The van der Waals surface area contributed by atoms with E-state index in [9.17, 15) is 0 Å². The molecule has 14 aromatic rings. The molecule has 4 aromatic heterocycles. The van der Waals surface area contributed by atoms with Gasteiger partial charge in [0.1, 0.15) is 0 Å². The highest BCUT2D eigenvalue weighted by atomic mass is 28.3. The number of nitrogens with zero attached hydrogens (tertiary/aromatic N) is 6. The van der Waals surface area contributed by atoms with Gasteiger partial charge in [-0.2, -0.15) is 15.0 Å². The Morgan fingerprint density at radius 1 is 0.257 bits per heavy atom. The van der Waals surface area contributed by atoms with Crippen molar-refractivity contribution in [2.24, 2.45) is 0 Å². The highest BCUT2D eigenvalue weighted by molar-refractivity contribution is 7.19. The van der Waals surface area contributed by atoms with Crippen molar-refractivity contribution in [1.82, 2.24) is 28.7 Å². The number of hydrogen-bond acceptors (Lipinski definition) is 3. The lowest BCUT2D eigenvalue weighted by Crippen LogP contribution is -2.74. The molecule has 4 heterocycles. The Labute approximate surface area is 404 Å². The van der Waals surface area contributed by atoms with Gasteiger partial charge in [-0.05, 0) is 69.3 Å². The van der Waals surface area contributed by atoms with E-state index in [0.717, 1.165) is 54.9 Å². The second-order valence-electron chi connectivity index (χ2n) is 18.0. The fraction of sp³-hybridized carbons (Fsp3) is 0. The smallest absolute Gasteiger partial charge is 0.240 e. The van der Waals surface area contributed by atoms with E-state index in [2.05, 4.69) is 268 Å². The molecule has 0 aliphatic carbocycles. The van der Waals surface area contributed by atoms with Gasteiger partial charge in [-0.3, -0.25) is 9.13 Å². The zero-order chi connectivity index (χ0) is 46.2. The molecule has 0 radical (unpaired) electrons. The molecule has 0 aliphatic rings. The molecule has 0 fully saturated rings. The van der Waals surface area contributed by atoms with Gasteiger partial charge < -0.3 is 4.57 Å². The summed E-state index contributed by atoms with van der Waals surface area (Å²) in [5.41, 5.74) is 8.43. The summed E-state index contributed by atoms with van der Waals surface area (Å²) in [6.45, 7) is 0. The van der Waals surface area contributed by atoms with Crippen molar-refractivity contribution in [1.29, 1.82) is 0 Å². The third-order valence-corrected chi connectivity index (χ3v) is 19.1. The number of hydrogen-bond donors (Lipinski definition) is 0. The SMILES string of the molecule is c1ccc([Si](c2ccccc2)(c2ccccc2)c2ccc(-c3nc(-n4c5ccccc5c5ccccc54)nc(-n4c5ccccc5c5cc(-n6c7ccccc7c7ccccc76)ccc54)n3)cc2)cc1. The molecule has 0 unspecified atom stereocenters. The van der Waals surface area contributed by atoms with E-state index in [0.29, 0.717) is 17.7 Å². The summed E-state index contributed by atoms with van der Waals surface area (Å²) in [6.07, 6.45) is 0. The first-order valence-corrected chi connectivity index (χ1v) is 25.8. The maximum absolute atomic E-state index is 5.48. The molecule has 0 atom stereocenters. The minimum atomic E-state index is -2.77. The molecule has 0 saturated heterocycles. The molecule has 10 aromatic carbocycles. The molecule has 0 spiro atoms. The molecule has 328 valence electrons. The van der Waals surface area contributed by atoms with Crippen molar-refractivity contribution in [2.45, 2.75) is 0 Å². The van der Waals surface area contributed by atoms with Gasteiger partial charge in [0.15, 0.2) is 13.9 Å². The van der Waals surface area contributed by atoms with E-state index in [-0.39, 0.29) is 0 Å². The first-order valence-electron chi connectivity index (χ1n) is 23.8. The molecule has 0 bridgehead atoms. The first kappa shape index (κ1) is 39.9. The lowest BCUT2D eigenvalue weighted by molar-refractivity contribution is 0.893. The average Bonchev–Trinajstić information content (AvgIpc) is 4.08. The standard InChI is InChI=1S/C63H42N6Si/c1-4-20-45(21-5-1)70(46-22-6-2-7-23-46,47-24-8-3-9-25-47)48-39-36-43(37-40-48)61-64-62(68-57-33-17-12-28-51(57)52-29-13-18-34-58(52)68)66-63(65-61)69-59-35-19-14-30-53(59)54-42-44(38-41-60(54)69)67-55-31-15-10-26-49(55)50-27-11-16-32-56(50)67/h1-42H. The third kappa shape index (κ3) is 6.02. The number of para-hydroxylation sites is 5. The summed E-state index contributed by atoms with van der Waals surface area (Å²) < 4.78 is 6.79. The van der Waals surface area contributed by atoms with E-state index in [1.807, 2.05) is 0 Å². The topological polar surface area (TPSA) is 53.5 Å². The van der Waals surface area contributed by atoms with Crippen LogP contribution in [0.25, 0.3) is 94.4 Å². The minimum absolute atomic E-state index is 0.545. The molecule has 0 N–H and O–H groups in total. The second kappa shape index (κ2) is 16.0. The van der Waals surface area contributed by atoms with Gasteiger partial charge in [-0.1, -0.05) is 206 Å². The summed E-state index contributed by atoms with van der Waals surface area (Å²) in [5.74, 6) is 1.69. The van der Waals surface area contributed by atoms with Crippen molar-refractivity contribution in [3.05, 3.63) is 255 Å². The van der Waals surface area contributed by atoms with Gasteiger partial charge in [-0.25, -0.2) is 0 Å². The molecular weight excluding hydrogens is 869 g/mol. The van der Waals surface area contributed by atoms with E-state index in [1.54, 1.807) is 0 Å². The predicted octanol–water partition coefficient (Wildman–Crippen LogP) is 12.2. The number of rotatable bonds is 8. The van der Waals surface area contributed by atoms with Gasteiger partial charge in [-0.15, -0.1) is 0 Å². The number of benzene rings is 10. The van der Waals surface area contributed by atoms with Crippen LogP contribution in [0.1, 0.15) is 0 Å². The van der Waals surface area contributed by atoms with Crippen LogP contribution in [0, 0.1) is 0 Å². The fourth-order valence-corrected chi connectivity index (χ4v) is 16.0. The van der Waals surface area contributed by atoms with Crippen LogP contribution in [-0.4, -0.2) is 36.7 Å². The lowest BCUT2D eigenvalue weighted by atomic mass is 10.1. The number of fused-ring (bicyclic) bond motifs is 9. The Hall–Kier alpha value is -9.17. The van der Waals surface area contributed by atoms with E-state index < -0.39 is 8.07 Å². The third-order valence-electron chi connectivity index (χ3n) is 14.3. The Bertz CT molecular complexity index is 4090. The van der Waals surface area contributed by atoms with Crippen LogP contribution in [0.15, 0.2) is 255 Å². The van der Waals surface area contributed by atoms with Gasteiger partial charge in [0.25, 0.3) is 0 Å². The molecule has 0 amide bonds. The maximum atomic E-state index is 5.48. The highest BCUT2D eigenvalue weighted by Crippen LogP contribution is 2.38. The maximum Gasteiger partial charge on any atom is 0.240 e. The average molecular weight is 911 g/mol. The summed E-state index contributed by atoms with van der Waals surface area (Å²) in [6, 6.07) is 91.9. The Balaban J connectivity index is 1.01. The predicted molar refractivity (Wildman–Crippen MR) is 292 cm³/mol. The monoisotopic (exact) mass is 910 g/mol. The molecule has 0 aliphatic heterocycles. The largest absolute Gasteiger partial charge is 0.309 e. The molecule has 7 heteroatoms. The van der Waals surface area contributed by atoms with Crippen LogP contribution in [0.5, 0.6) is 0 Å². The second-order valence-corrected chi connectivity index (χ2v) is 21.8.